The quantitative estimate of drug-likeness (QED) is 0.876. The van der Waals surface area contributed by atoms with E-state index in [2.05, 4.69) is 9.88 Å². The summed E-state index contributed by atoms with van der Waals surface area (Å²) in [6.45, 7) is 8.53. The fraction of sp³-hybridized carbons (Fsp3) is 0.533. The number of hydrogen-bond donors (Lipinski definition) is 1. The van der Waals surface area contributed by atoms with Crippen LogP contribution in [0.2, 0.25) is 0 Å². The molecule has 114 valence electrons. The molecule has 1 saturated heterocycles. The zero-order valence-corrected chi connectivity index (χ0v) is 12.8. The summed E-state index contributed by atoms with van der Waals surface area (Å²) in [5.41, 5.74) is 5.16. The topological polar surface area (TPSA) is 79.5 Å². The molecule has 2 amide bonds. The molecule has 6 heteroatoms. The van der Waals surface area contributed by atoms with E-state index in [9.17, 15) is 9.59 Å². The Hall–Kier alpha value is -2.11. The molecule has 0 aliphatic carbocycles. The van der Waals surface area contributed by atoms with Crippen molar-refractivity contribution in [1.82, 2.24) is 9.88 Å². The predicted octanol–water partition coefficient (Wildman–Crippen LogP) is 0.875. The zero-order chi connectivity index (χ0) is 15.6. The van der Waals surface area contributed by atoms with Crippen LogP contribution in [0.4, 0.5) is 5.82 Å². The van der Waals surface area contributed by atoms with Crippen LogP contribution in [0.5, 0.6) is 0 Å². The van der Waals surface area contributed by atoms with Crippen molar-refractivity contribution in [3.05, 3.63) is 23.9 Å². The maximum Gasteiger partial charge on any atom is 0.267 e. The molecule has 1 aliphatic heterocycles. The van der Waals surface area contributed by atoms with Crippen molar-refractivity contribution < 1.29 is 9.59 Å². The number of nitrogens with two attached hydrogens (primary N) is 1. The van der Waals surface area contributed by atoms with Crippen LogP contribution in [-0.2, 0) is 4.79 Å². The predicted molar refractivity (Wildman–Crippen MR) is 81.0 cm³/mol. The molecule has 1 fully saturated rings. The fourth-order valence-electron chi connectivity index (χ4n) is 2.35. The number of piperazine rings is 1. The number of carbonyl (C=O) groups excluding carboxylic acids is 2. The monoisotopic (exact) mass is 290 g/mol. The van der Waals surface area contributed by atoms with E-state index in [1.54, 1.807) is 12.1 Å². The molecule has 2 rings (SSSR count). The third-order valence-electron chi connectivity index (χ3n) is 3.52. The molecule has 0 atom stereocenters. The highest BCUT2D eigenvalue weighted by Gasteiger charge is 2.29. The second-order valence-corrected chi connectivity index (χ2v) is 6.27. The molecule has 0 saturated carbocycles. The van der Waals surface area contributed by atoms with Crippen LogP contribution in [0.3, 0.4) is 0 Å². The van der Waals surface area contributed by atoms with Crippen LogP contribution in [0.25, 0.3) is 0 Å². The smallest absolute Gasteiger partial charge is 0.267 e. The van der Waals surface area contributed by atoms with E-state index in [1.165, 1.54) is 0 Å². The summed E-state index contributed by atoms with van der Waals surface area (Å²) in [4.78, 5) is 31.6. The Bertz CT molecular complexity index is 543. The minimum Gasteiger partial charge on any atom is -0.364 e. The van der Waals surface area contributed by atoms with E-state index in [4.69, 9.17) is 5.73 Å². The van der Waals surface area contributed by atoms with Crippen molar-refractivity contribution in [2.24, 2.45) is 11.1 Å². The highest BCUT2D eigenvalue weighted by atomic mass is 16.2. The van der Waals surface area contributed by atoms with Crippen molar-refractivity contribution in [1.29, 1.82) is 0 Å². The second-order valence-electron chi connectivity index (χ2n) is 6.27. The molecule has 0 spiro atoms. The van der Waals surface area contributed by atoms with E-state index < -0.39 is 5.91 Å². The van der Waals surface area contributed by atoms with Gasteiger partial charge in [-0.2, -0.15) is 0 Å². The standard InChI is InChI=1S/C15H22N4O2/c1-15(2,3)14(21)19-9-7-18(8-10-19)12-6-4-5-11(17-12)13(16)20/h4-6H,7-10H2,1-3H3,(H2,16,20). The summed E-state index contributed by atoms with van der Waals surface area (Å²) in [7, 11) is 0. The van der Waals surface area contributed by atoms with Crippen LogP contribution in [-0.4, -0.2) is 47.9 Å². The van der Waals surface area contributed by atoms with E-state index in [0.717, 1.165) is 5.82 Å². The average Bonchev–Trinajstić information content (AvgIpc) is 2.46. The molecule has 1 aromatic heterocycles. The maximum atomic E-state index is 12.2. The summed E-state index contributed by atoms with van der Waals surface area (Å²) in [5.74, 6) is 0.369. The Kier molecular flexibility index (Phi) is 4.16. The van der Waals surface area contributed by atoms with Gasteiger partial charge in [-0.05, 0) is 12.1 Å². The van der Waals surface area contributed by atoms with Crippen molar-refractivity contribution in [3.63, 3.8) is 0 Å². The Morgan fingerprint density at radius 1 is 1.14 bits per heavy atom. The largest absolute Gasteiger partial charge is 0.364 e. The molecular formula is C15H22N4O2. The molecule has 6 nitrogen and oxygen atoms in total. The molecule has 21 heavy (non-hydrogen) atoms. The van der Waals surface area contributed by atoms with Gasteiger partial charge in [0.2, 0.25) is 5.91 Å². The molecule has 1 aliphatic rings. The van der Waals surface area contributed by atoms with Gasteiger partial charge in [0.1, 0.15) is 11.5 Å². The molecule has 2 heterocycles. The van der Waals surface area contributed by atoms with Gasteiger partial charge >= 0.3 is 0 Å². The number of hydrogen-bond acceptors (Lipinski definition) is 4. The molecule has 0 aromatic carbocycles. The van der Waals surface area contributed by atoms with E-state index >= 15 is 0 Å². The lowest BCUT2D eigenvalue weighted by Crippen LogP contribution is -2.51. The minimum atomic E-state index is -0.529. The lowest BCUT2D eigenvalue weighted by atomic mass is 9.94. The van der Waals surface area contributed by atoms with Gasteiger partial charge in [-0.1, -0.05) is 26.8 Å². The van der Waals surface area contributed by atoms with Gasteiger partial charge in [-0.3, -0.25) is 9.59 Å². The van der Waals surface area contributed by atoms with Crippen LogP contribution in [0.1, 0.15) is 31.3 Å². The Balaban J connectivity index is 2.03. The maximum absolute atomic E-state index is 12.2. The lowest BCUT2D eigenvalue weighted by molar-refractivity contribution is -0.139. The first kappa shape index (κ1) is 15.3. The highest BCUT2D eigenvalue weighted by molar-refractivity contribution is 5.91. The normalized spacial score (nSPS) is 16.0. The number of primary amides is 1. The first-order valence-corrected chi connectivity index (χ1v) is 7.10. The second kappa shape index (κ2) is 5.71. The number of rotatable bonds is 2. The SMILES string of the molecule is CC(C)(C)C(=O)N1CCN(c2cccc(C(N)=O)n2)CC1. The first-order valence-electron chi connectivity index (χ1n) is 7.10. The van der Waals surface area contributed by atoms with E-state index in [-0.39, 0.29) is 17.0 Å². The minimum absolute atomic E-state index is 0.168. The van der Waals surface area contributed by atoms with Crippen molar-refractivity contribution in [3.8, 4) is 0 Å². The summed E-state index contributed by atoms with van der Waals surface area (Å²) < 4.78 is 0. The number of carbonyl (C=O) groups is 2. The van der Waals surface area contributed by atoms with Crippen LogP contribution in [0.15, 0.2) is 18.2 Å². The number of pyridine rings is 1. The highest BCUT2D eigenvalue weighted by Crippen LogP contribution is 2.20. The van der Waals surface area contributed by atoms with Crippen LogP contribution < -0.4 is 10.6 Å². The van der Waals surface area contributed by atoms with Gasteiger partial charge in [-0.25, -0.2) is 4.98 Å². The average molecular weight is 290 g/mol. The van der Waals surface area contributed by atoms with Gasteiger partial charge in [0.15, 0.2) is 0 Å². The molecule has 1 aromatic rings. The summed E-state index contributed by atoms with van der Waals surface area (Å²) in [6.07, 6.45) is 0. The molecular weight excluding hydrogens is 268 g/mol. The van der Waals surface area contributed by atoms with E-state index in [1.807, 2.05) is 31.7 Å². The van der Waals surface area contributed by atoms with Gasteiger partial charge in [0, 0.05) is 31.6 Å². The van der Waals surface area contributed by atoms with Gasteiger partial charge in [-0.15, -0.1) is 0 Å². The van der Waals surface area contributed by atoms with Gasteiger partial charge in [0.05, 0.1) is 0 Å². The zero-order valence-electron chi connectivity index (χ0n) is 12.8. The van der Waals surface area contributed by atoms with Crippen LogP contribution >= 0.6 is 0 Å². The third-order valence-corrected chi connectivity index (χ3v) is 3.52. The number of amides is 2. The Morgan fingerprint density at radius 2 is 1.76 bits per heavy atom. The van der Waals surface area contributed by atoms with Crippen molar-refractivity contribution in [2.45, 2.75) is 20.8 Å². The molecule has 0 bridgehead atoms. The molecule has 2 N–H and O–H groups in total. The summed E-state index contributed by atoms with van der Waals surface area (Å²) in [5, 5.41) is 0. The number of aromatic nitrogens is 1. The van der Waals surface area contributed by atoms with E-state index in [0.29, 0.717) is 26.2 Å². The molecule has 0 unspecified atom stereocenters. The van der Waals surface area contributed by atoms with Crippen molar-refractivity contribution >= 4 is 17.6 Å². The van der Waals surface area contributed by atoms with Gasteiger partial charge < -0.3 is 15.5 Å². The Morgan fingerprint density at radius 3 is 2.29 bits per heavy atom. The Labute approximate surface area is 124 Å². The van der Waals surface area contributed by atoms with Crippen molar-refractivity contribution in [2.75, 3.05) is 31.1 Å². The molecule has 0 radical (unpaired) electrons. The first-order chi connectivity index (χ1) is 9.79. The summed E-state index contributed by atoms with van der Waals surface area (Å²) in [6, 6.07) is 5.23. The van der Waals surface area contributed by atoms with Crippen LogP contribution in [0, 0.1) is 5.41 Å². The third kappa shape index (κ3) is 3.51. The van der Waals surface area contributed by atoms with Gasteiger partial charge in [0.25, 0.3) is 5.91 Å². The number of anilines is 1. The fourth-order valence-corrected chi connectivity index (χ4v) is 2.35. The summed E-state index contributed by atoms with van der Waals surface area (Å²) >= 11 is 0. The number of nitrogens with zero attached hydrogens (tertiary/aromatic N) is 3. The lowest BCUT2D eigenvalue weighted by Gasteiger charge is -2.38.